The van der Waals surface area contributed by atoms with Gasteiger partial charge in [0.15, 0.2) is 6.04 Å². The van der Waals surface area contributed by atoms with E-state index in [1.54, 1.807) is 0 Å². The molecule has 1 amide bonds. The van der Waals surface area contributed by atoms with Crippen LogP contribution in [0.4, 0.5) is 4.79 Å². The van der Waals surface area contributed by atoms with Gasteiger partial charge in [0.2, 0.25) is 5.90 Å². The van der Waals surface area contributed by atoms with Gasteiger partial charge in [-0.2, -0.15) is 0 Å². The predicted octanol–water partition coefficient (Wildman–Crippen LogP) is 4.74. The maximum atomic E-state index is 12.0. The molecule has 1 aliphatic heterocycles. The number of rotatable bonds is 10. The lowest BCUT2D eigenvalue weighted by Gasteiger charge is -2.09. The molecule has 0 spiro atoms. The van der Waals surface area contributed by atoms with Crippen molar-refractivity contribution in [2.75, 3.05) is 6.54 Å². The number of amides is 1. The Kier molecular flexibility index (Phi) is 7.98. The van der Waals surface area contributed by atoms with Crippen LogP contribution in [0.1, 0.15) is 48.8 Å². The third-order valence-electron chi connectivity index (χ3n) is 5.17. The Balaban J connectivity index is 1.32. The third-order valence-corrected chi connectivity index (χ3v) is 5.17. The summed E-state index contributed by atoms with van der Waals surface area (Å²) in [5, 5.41) is 2.74. The standard InChI is InChI=1S/C25H28N2O4/c1-3-18(2)20-14-12-19(13-15-20)17-30-25(29)26-16-8-7-11-22-24(28)31-23(27-22)21-9-5-4-6-10-21/h3-6,9-10,12-15,18,22H,1,7-8,11,16-17H2,2H3,(H,26,29)/t18-,22?/m1/s1. The van der Waals surface area contributed by atoms with E-state index in [0.29, 0.717) is 24.8 Å². The normalized spacial score (nSPS) is 16.2. The average Bonchev–Trinajstić information content (AvgIpc) is 3.18. The number of cyclic esters (lactones) is 1. The van der Waals surface area contributed by atoms with Crippen molar-refractivity contribution in [2.24, 2.45) is 4.99 Å². The highest BCUT2D eigenvalue weighted by Crippen LogP contribution is 2.18. The molecule has 2 atom stereocenters. The van der Waals surface area contributed by atoms with Gasteiger partial charge in [-0.15, -0.1) is 6.58 Å². The molecule has 31 heavy (non-hydrogen) atoms. The fourth-order valence-corrected chi connectivity index (χ4v) is 3.19. The number of allylic oxidation sites excluding steroid dienone is 1. The Labute approximate surface area is 183 Å². The van der Waals surface area contributed by atoms with Gasteiger partial charge in [0, 0.05) is 12.1 Å². The molecule has 162 valence electrons. The minimum Gasteiger partial charge on any atom is -0.445 e. The molecule has 0 aliphatic carbocycles. The zero-order valence-electron chi connectivity index (χ0n) is 17.8. The van der Waals surface area contributed by atoms with E-state index in [9.17, 15) is 9.59 Å². The van der Waals surface area contributed by atoms with E-state index in [1.165, 1.54) is 5.56 Å². The van der Waals surface area contributed by atoms with Crippen molar-refractivity contribution in [2.45, 2.75) is 44.8 Å². The number of carbonyl (C=O) groups is 2. The summed E-state index contributed by atoms with van der Waals surface area (Å²) in [4.78, 5) is 28.2. The first-order chi connectivity index (χ1) is 15.1. The number of benzene rings is 2. The lowest BCUT2D eigenvalue weighted by Crippen LogP contribution is -2.25. The van der Waals surface area contributed by atoms with Gasteiger partial charge in [0.05, 0.1) is 0 Å². The van der Waals surface area contributed by atoms with Gasteiger partial charge in [0.1, 0.15) is 6.61 Å². The van der Waals surface area contributed by atoms with Crippen LogP contribution < -0.4 is 5.32 Å². The van der Waals surface area contributed by atoms with E-state index in [-0.39, 0.29) is 12.6 Å². The van der Waals surface area contributed by atoms with Gasteiger partial charge in [-0.3, -0.25) is 0 Å². The summed E-state index contributed by atoms with van der Waals surface area (Å²) in [6.07, 6.45) is 3.50. The summed E-state index contributed by atoms with van der Waals surface area (Å²) in [6.45, 7) is 6.57. The van der Waals surface area contributed by atoms with Crippen molar-refractivity contribution in [3.63, 3.8) is 0 Å². The van der Waals surface area contributed by atoms with Crippen LogP contribution in [-0.4, -0.2) is 30.5 Å². The lowest BCUT2D eigenvalue weighted by molar-refractivity contribution is -0.135. The quantitative estimate of drug-likeness (QED) is 0.342. The molecule has 1 heterocycles. The number of carbonyl (C=O) groups excluding carboxylic acids is 2. The number of hydrogen-bond acceptors (Lipinski definition) is 5. The van der Waals surface area contributed by atoms with Gasteiger partial charge < -0.3 is 14.8 Å². The monoisotopic (exact) mass is 420 g/mol. The van der Waals surface area contributed by atoms with Gasteiger partial charge in [-0.1, -0.05) is 55.5 Å². The maximum Gasteiger partial charge on any atom is 0.407 e. The van der Waals surface area contributed by atoms with Crippen LogP contribution in [0.25, 0.3) is 0 Å². The number of esters is 1. The summed E-state index contributed by atoms with van der Waals surface area (Å²) in [5.41, 5.74) is 2.91. The first-order valence-electron chi connectivity index (χ1n) is 10.5. The van der Waals surface area contributed by atoms with Crippen molar-refractivity contribution in [3.8, 4) is 0 Å². The maximum absolute atomic E-state index is 12.0. The number of aliphatic imine (C=N–C) groups is 1. The van der Waals surface area contributed by atoms with E-state index in [2.05, 4.69) is 23.8 Å². The number of hydrogen-bond donors (Lipinski definition) is 1. The molecule has 1 N–H and O–H groups in total. The average molecular weight is 421 g/mol. The van der Waals surface area contributed by atoms with Crippen LogP contribution in [-0.2, 0) is 20.9 Å². The first-order valence-corrected chi connectivity index (χ1v) is 10.5. The number of unbranched alkanes of at least 4 members (excludes halogenated alkanes) is 1. The molecule has 2 aromatic rings. The van der Waals surface area contributed by atoms with Crippen molar-refractivity contribution in [3.05, 3.63) is 83.9 Å². The topological polar surface area (TPSA) is 77.0 Å². The van der Waals surface area contributed by atoms with Crippen LogP contribution >= 0.6 is 0 Å². The molecular formula is C25H28N2O4. The highest BCUT2D eigenvalue weighted by Gasteiger charge is 2.29. The second-order valence-corrected chi connectivity index (χ2v) is 7.50. The molecule has 6 nitrogen and oxygen atoms in total. The Hall–Kier alpha value is -3.41. The zero-order valence-corrected chi connectivity index (χ0v) is 17.8. The number of nitrogens with zero attached hydrogens (tertiary/aromatic N) is 1. The van der Waals surface area contributed by atoms with Crippen molar-refractivity contribution in [1.82, 2.24) is 5.32 Å². The van der Waals surface area contributed by atoms with Crippen molar-refractivity contribution in [1.29, 1.82) is 0 Å². The highest BCUT2D eigenvalue weighted by molar-refractivity contribution is 6.06. The van der Waals surface area contributed by atoms with E-state index < -0.39 is 12.1 Å². The van der Waals surface area contributed by atoms with Gasteiger partial charge in [-0.25, -0.2) is 14.6 Å². The number of alkyl carbamates (subject to hydrolysis) is 1. The summed E-state index contributed by atoms with van der Waals surface area (Å²) < 4.78 is 10.5. The molecule has 0 fully saturated rings. The molecule has 0 saturated heterocycles. The molecule has 2 aromatic carbocycles. The third kappa shape index (κ3) is 6.54. The van der Waals surface area contributed by atoms with E-state index >= 15 is 0 Å². The predicted molar refractivity (Wildman–Crippen MR) is 120 cm³/mol. The number of ether oxygens (including phenoxy) is 2. The SMILES string of the molecule is C=C[C@@H](C)c1ccc(COC(=O)NCCCCC2N=C(c3ccccc3)OC2=O)cc1. The highest BCUT2D eigenvalue weighted by atomic mass is 16.6. The zero-order chi connectivity index (χ0) is 22.1. The van der Waals surface area contributed by atoms with Crippen molar-refractivity contribution >= 4 is 18.0 Å². The molecule has 3 rings (SSSR count). The molecule has 0 radical (unpaired) electrons. The molecule has 6 heteroatoms. The Bertz CT molecular complexity index is 922. The first kappa shape index (κ1) is 22.3. The van der Waals surface area contributed by atoms with E-state index in [4.69, 9.17) is 9.47 Å². The van der Waals surface area contributed by atoms with Crippen LogP contribution in [0.3, 0.4) is 0 Å². The molecule has 1 unspecified atom stereocenters. The van der Waals surface area contributed by atoms with Gasteiger partial charge in [0.25, 0.3) is 0 Å². The molecular weight excluding hydrogens is 392 g/mol. The molecule has 0 aromatic heterocycles. The van der Waals surface area contributed by atoms with E-state index in [1.807, 2.05) is 60.7 Å². The largest absolute Gasteiger partial charge is 0.445 e. The van der Waals surface area contributed by atoms with E-state index in [0.717, 1.165) is 24.0 Å². The minimum atomic E-state index is -0.478. The van der Waals surface area contributed by atoms with Crippen molar-refractivity contribution < 1.29 is 19.1 Å². The number of nitrogens with one attached hydrogen (secondary N) is 1. The summed E-state index contributed by atoms with van der Waals surface area (Å²) in [6, 6.07) is 16.8. The van der Waals surface area contributed by atoms with Crippen LogP contribution in [0.5, 0.6) is 0 Å². The lowest BCUT2D eigenvalue weighted by atomic mass is 10.0. The Morgan fingerprint density at radius 2 is 1.94 bits per heavy atom. The summed E-state index contributed by atoms with van der Waals surface area (Å²) >= 11 is 0. The Morgan fingerprint density at radius 3 is 2.65 bits per heavy atom. The second kappa shape index (κ2) is 11.1. The van der Waals surface area contributed by atoms with Crippen LogP contribution in [0, 0.1) is 0 Å². The van der Waals surface area contributed by atoms with Crippen LogP contribution in [0.2, 0.25) is 0 Å². The summed E-state index contributed by atoms with van der Waals surface area (Å²) in [7, 11) is 0. The minimum absolute atomic E-state index is 0.222. The second-order valence-electron chi connectivity index (χ2n) is 7.50. The van der Waals surface area contributed by atoms with Gasteiger partial charge in [-0.05, 0) is 48.4 Å². The fourth-order valence-electron chi connectivity index (χ4n) is 3.19. The molecule has 1 aliphatic rings. The fraction of sp³-hybridized carbons (Fsp3) is 0.320. The van der Waals surface area contributed by atoms with Crippen LogP contribution in [0.15, 0.2) is 72.2 Å². The van der Waals surface area contributed by atoms with Gasteiger partial charge >= 0.3 is 12.1 Å². The molecule has 0 bridgehead atoms. The summed E-state index contributed by atoms with van der Waals surface area (Å²) in [5.74, 6) is 0.351. The Morgan fingerprint density at radius 1 is 1.19 bits per heavy atom. The molecule has 0 saturated carbocycles. The smallest absolute Gasteiger partial charge is 0.407 e.